The van der Waals surface area contributed by atoms with Crippen LogP contribution >= 0.6 is 0 Å². The average Bonchev–Trinajstić information content (AvgIpc) is 2.86. The zero-order chi connectivity index (χ0) is 13.0. The van der Waals surface area contributed by atoms with E-state index in [9.17, 15) is 4.39 Å². The predicted octanol–water partition coefficient (Wildman–Crippen LogP) is 1.66. The van der Waals surface area contributed by atoms with Gasteiger partial charge >= 0.3 is 0 Å². The maximum atomic E-state index is 13.7. The number of halogens is 1. The number of hydrogen-bond donors (Lipinski definition) is 1. The fraction of sp³-hybridized carbons (Fsp3) is 0.667. The van der Waals surface area contributed by atoms with Crippen LogP contribution in [0.15, 0.2) is 6.20 Å². The summed E-state index contributed by atoms with van der Waals surface area (Å²) >= 11 is 0. The average molecular weight is 254 g/mol. The number of anilines is 2. The first kappa shape index (κ1) is 13.0. The van der Waals surface area contributed by atoms with Crippen molar-refractivity contribution in [3.8, 4) is 0 Å². The Labute approximate surface area is 106 Å². The molecule has 18 heavy (non-hydrogen) atoms. The molecule has 100 valence electrons. The molecule has 1 N–H and O–H groups in total. The van der Waals surface area contributed by atoms with E-state index in [-0.39, 0.29) is 11.9 Å². The van der Waals surface area contributed by atoms with Crippen LogP contribution in [0.3, 0.4) is 0 Å². The van der Waals surface area contributed by atoms with E-state index in [1.165, 1.54) is 6.20 Å². The SMILES string of the molecule is CCCNc1ncc(F)c(N2CCC(OC)C2)n1. The summed E-state index contributed by atoms with van der Waals surface area (Å²) in [6.07, 6.45) is 3.26. The first-order valence-corrected chi connectivity index (χ1v) is 6.28. The van der Waals surface area contributed by atoms with Crippen LogP contribution in [-0.4, -0.2) is 42.8 Å². The molecular formula is C12H19FN4O. The van der Waals surface area contributed by atoms with Gasteiger partial charge in [0.25, 0.3) is 0 Å². The molecule has 1 fully saturated rings. The molecule has 0 aliphatic carbocycles. The minimum absolute atomic E-state index is 0.159. The second kappa shape index (κ2) is 5.95. The Bertz CT molecular complexity index is 402. The van der Waals surface area contributed by atoms with Gasteiger partial charge in [0.05, 0.1) is 12.3 Å². The van der Waals surface area contributed by atoms with E-state index in [4.69, 9.17) is 4.74 Å². The molecule has 0 saturated carbocycles. The van der Waals surface area contributed by atoms with Crippen LogP contribution in [0.25, 0.3) is 0 Å². The summed E-state index contributed by atoms with van der Waals surface area (Å²) in [5.74, 6) is 0.464. The third kappa shape index (κ3) is 2.87. The molecule has 1 aromatic heterocycles. The number of nitrogens with one attached hydrogen (secondary N) is 1. The summed E-state index contributed by atoms with van der Waals surface area (Å²) in [6, 6.07) is 0. The maximum absolute atomic E-state index is 13.7. The number of ether oxygens (including phenoxy) is 1. The summed E-state index contributed by atoms with van der Waals surface area (Å²) in [4.78, 5) is 10.1. The Morgan fingerprint density at radius 3 is 3.11 bits per heavy atom. The minimum Gasteiger partial charge on any atom is -0.380 e. The van der Waals surface area contributed by atoms with E-state index in [0.717, 1.165) is 25.9 Å². The Morgan fingerprint density at radius 1 is 1.61 bits per heavy atom. The van der Waals surface area contributed by atoms with Gasteiger partial charge in [-0.1, -0.05) is 6.92 Å². The second-order valence-electron chi connectivity index (χ2n) is 4.38. The van der Waals surface area contributed by atoms with Crippen molar-refractivity contribution in [2.45, 2.75) is 25.9 Å². The molecule has 1 aliphatic heterocycles. The number of nitrogens with zero attached hydrogens (tertiary/aromatic N) is 3. The molecule has 0 amide bonds. The van der Waals surface area contributed by atoms with Crippen molar-refractivity contribution in [1.29, 1.82) is 0 Å². The van der Waals surface area contributed by atoms with Gasteiger partial charge in [0.2, 0.25) is 5.95 Å². The van der Waals surface area contributed by atoms with Gasteiger partial charge in [0.15, 0.2) is 11.6 Å². The smallest absolute Gasteiger partial charge is 0.224 e. The molecular weight excluding hydrogens is 235 g/mol. The lowest BCUT2D eigenvalue weighted by atomic mass is 10.3. The molecule has 1 aromatic rings. The molecule has 0 bridgehead atoms. The molecule has 6 heteroatoms. The number of aromatic nitrogens is 2. The highest BCUT2D eigenvalue weighted by Crippen LogP contribution is 2.23. The number of hydrogen-bond acceptors (Lipinski definition) is 5. The molecule has 1 saturated heterocycles. The lowest BCUT2D eigenvalue weighted by molar-refractivity contribution is 0.121. The van der Waals surface area contributed by atoms with Gasteiger partial charge in [-0.2, -0.15) is 4.98 Å². The van der Waals surface area contributed by atoms with Gasteiger partial charge in [-0.3, -0.25) is 0 Å². The molecule has 1 unspecified atom stereocenters. The highest BCUT2D eigenvalue weighted by atomic mass is 19.1. The summed E-state index contributed by atoms with van der Waals surface area (Å²) in [5.41, 5.74) is 0. The van der Waals surface area contributed by atoms with Gasteiger partial charge in [-0.25, -0.2) is 9.37 Å². The van der Waals surface area contributed by atoms with Gasteiger partial charge in [0.1, 0.15) is 0 Å². The molecule has 2 rings (SSSR count). The van der Waals surface area contributed by atoms with Crippen molar-refractivity contribution < 1.29 is 9.13 Å². The van der Waals surface area contributed by atoms with E-state index in [1.807, 2.05) is 4.90 Å². The fourth-order valence-corrected chi connectivity index (χ4v) is 2.01. The summed E-state index contributed by atoms with van der Waals surface area (Å²) in [5, 5.41) is 3.06. The Morgan fingerprint density at radius 2 is 2.44 bits per heavy atom. The third-order valence-electron chi connectivity index (χ3n) is 3.04. The van der Waals surface area contributed by atoms with Gasteiger partial charge < -0.3 is 15.0 Å². The molecule has 0 radical (unpaired) electrons. The van der Waals surface area contributed by atoms with E-state index in [1.54, 1.807) is 7.11 Å². The Balaban J connectivity index is 2.11. The van der Waals surface area contributed by atoms with Crippen LogP contribution < -0.4 is 10.2 Å². The third-order valence-corrected chi connectivity index (χ3v) is 3.04. The molecule has 1 aliphatic rings. The highest BCUT2D eigenvalue weighted by Gasteiger charge is 2.25. The van der Waals surface area contributed by atoms with Gasteiger partial charge in [-0.05, 0) is 12.8 Å². The second-order valence-corrected chi connectivity index (χ2v) is 4.38. The van der Waals surface area contributed by atoms with E-state index >= 15 is 0 Å². The van der Waals surface area contributed by atoms with E-state index in [2.05, 4.69) is 22.2 Å². The first-order chi connectivity index (χ1) is 8.74. The molecule has 5 nitrogen and oxygen atoms in total. The summed E-state index contributed by atoms with van der Waals surface area (Å²) in [7, 11) is 1.68. The van der Waals surface area contributed by atoms with Crippen molar-refractivity contribution in [2.24, 2.45) is 0 Å². The van der Waals surface area contributed by atoms with Crippen molar-refractivity contribution in [3.63, 3.8) is 0 Å². The van der Waals surface area contributed by atoms with Crippen molar-refractivity contribution in [3.05, 3.63) is 12.0 Å². The van der Waals surface area contributed by atoms with Crippen LogP contribution in [0.4, 0.5) is 16.2 Å². The van der Waals surface area contributed by atoms with Crippen molar-refractivity contribution in [2.75, 3.05) is 37.0 Å². The zero-order valence-corrected chi connectivity index (χ0v) is 10.8. The zero-order valence-electron chi connectivity index (χ0n) is 10.8. The van der Waals surface area contributed by atoms with E-state index < -0.39 is 0 Å². The monoisotopic (exact) mass is 254 g/mol. The minimum atomic E-state index is -0.381. The Kier molecular flexibility index (Phi) is 4.30. The topological polar surface area (TPSA) is 50.3 Å². The maximum Gasteiger partial charge on any atom is 0.224 e. The number of rotatable bonds is 5. The van der Waals surface area contributed by atoms with Crippen LogP contribution in [0.1, 0.15) is 19.8 Å². The van der Waals surface area contributed by atoms with Gasteiger partial charge in [-0.15, -0.1) is 0 Å². The lowest BCUT2D eigenvalue weighted by Gasteiger charge is -2.18. The van der Waals surface area contributed by atoms with Crippen molar-refractivity contribution in [1.82, 2.24) is 9.97 Å². The van der Waals surface area contributed by atoms with Crippen LogP contribution in [0, 0.1) is 5.82 Å². The molecule has 0 aromatic carbocycles. The fourth-order valence-electron chi connectivity index (χ4n) is 2.01. The van der Waals surface area contributed by atoms with Crippen molar-refractivity contribution >= 4 is 11.8 Å². The number of methoxy groups -OCH3 is 1. The lowest BCUT2D eigenvalue weighted by Crippen LogP contribution is -2.24. The van der Waals surface area contributed by atoms with Crippen LogP contribution in [-0.2, 0) is 4.74 Å². The van der Waals surface area contributed by atoms with Gasteiger partial charge in [0, 0.05) is 26.7 Å². The van der Waals surface area contributed by atoms with Crippen LogP contribution in [0.2, 0.25) is 0 Å². The largest absolute Gasteiger partial charge is 0.380 e. The summed E-state index contributed by atoms with van der Waals surface area (Å²) in [6.45, 7) is 4.28. The predicted molar refractivity (Wildman–Crippen MR) is 68.4 cm³/mol. The highest BCUT2D eigenvalue weighted by molar-refractivity contribution is 5.45. The summed E-state index contributed by atoms with van der Waals surface area (Å²) < 4.78 is 19.0. The standard InChI is InChI=1S/C12H19FN4O/c1-3-5-14-12-15-7-10(13)11(16-12)17-6-4-9(8-17)18-2/h7,9H,3-6,8H2,1-2H3,(H,14,15,16). The Hall–Kier alpha value is -1.43. The normalized spacial score (nSPS) is 19.3. The molecule has 2 heterocycles. The molecule has 1 atom stereocenters. The quantitative estimate of drug-likeness (QED) is 0.866. The van der Waals surface area contributed by atoms with E-state index in [0.29, 0.717) is 18.3 Å². The molecule has 0 spiro atoms. The first-order valence-electron chi connectivity index (χ1n) is 6.28. The van der Waals surface area contributed by atoms with Crippen LogP contribution in [0.5, 0.6) is 0 Å².